The van der Waals surface area contributed by atoms with Gasteiger partial charge in [-0.25, -0.2) is 24.9 Å². The first-order chi connectivity index (χ1) is 42.7. The highest BCUT2D eigenvalue weighted by molar-refractivity contribution is 6.12. The summed E-state index contributed by atoms with van der Waals surface area (Å²) in [5, 5.41) is 8.16. The molecule has 0 radical (unpaired) electrons. The molecule has 0 atom stereocenters. The summed E-state index contributed by atoms with van der Waals surface area (Å²) >= 11 is 0. The molecule has 20 aromatic rings. The Hall–Kier alpha value is -12.0. The molecule has 0 aliphatic heterocycles. The van der Waals surface area contributed by atoms with Gasteiger partial charge < -0.3 is 9.13 Å². The number of nitrogens with zero attached hydrogens (tertiary/aromatic N) is 12. The molecule has 0 amide bonds. The van der Waals surface area contributed by atoms with Crippen molar-refractivity contribution in [2.75, 3.05) is 0 Å². The zero-order chi connectivity index (χ0) is 56.1. The number of imidazole rings is 4. The first kappa shape index (κ1) is 46.6. The van der Waals surface area contributed by atoms with E-state index in [2.05, 4.69) is 251 Å². The molecule has 20 rings (SSSR count). The van der Waals surface area contributed by atoms with E-state index >= 15 is 0 Å². The summed E-state index contributed by atoms with van der Waals surface area (Å²) in [6.07, 6.45) is 3.71. The number of aromatic nitrogens is 12. The van der Waals surface area contributed by atoms with E-state index in [4.69, 9.17) is 29.9 Å². The molecule has 0 fully saturated rings. The number of fused-ring (bicyclic) bond motifs is 30. The molecular weight excluding hydrogens is 1060 g/mol. The van der Waals surface area contributed by atoms with Crippen LogP contribution < -0.4 is 0 Å². The van der Waals surface area contributed by atoms with E-state index in [0.29, 0.717) is 0 Å². The molecule has 10 aromatic carbocycles. The number of benzene rings is 10. The van der Waals surface area contributed by atoms with E-state index in [1.54, 1.807) is 0 Å². The van der Waals surface area contributed by atoms with Gasteiger partial charge in [0.2, 0.25) is 0 Å². The first-order valence-electron chi connectivity index (χ1n) is 28.8. The highest BCUT2D eigenvalue weighted by Gasteiger charge is 2.21. The van der Waals surface area contributed by atoms with Gasteiger partial charge in [-0.1, -0.05) is 133 Å². The third kappa shape index (κ3) is 6.51. The highest BCUT2D eigenvalue weighted by atomic mass is 15.1. The molecule has 12 nitrogen and oxygen atoms in total. The van der Waals surface area contributed by atoms with Crippen LogP contribution in [0.2, 0.25) is 0 Å². The van der Waals surface area contributed by atoms with Crippen LogP contribution in [0.1, 0.15) is 0 Å². The summed E-state index contributed by atoms with van der Waals surface area (Å²) in [5.41, 5.74) is 22.5. The standard InChI is InChI=1S/2C37H22N6/c1-5-15-30-24(10-1)25-11-2-6-16-31(25)41(30)23-19-20-34-29(22-23)40-36-37-39-28-14-4-8-18-33(28)43(37)35-27(13-9-21-38-35)26-12-3-7-17-32(26)42(34)36;1-5-14-29-24(10-1)25-11-2-6-15-30(25)41(29)23-19-20-33-28(22-23)40-37-36-39-27-13-4-8-17-32(27)43(36)34-18-9-21-38-35(34)26-12-3-7-16-31(26)42(33)37/h2*1-22H. The summed E-state index contributed by atoms with van der Waals surface area (Å²) in [7, 11) is 0. The number of hydrogen-bond donors (Lipinski definition) is 0. The average molecular weight is 1100 g/mol. The van der Waals surface area contributed by atoms with Gasteiger partial charge in [0.05, 0.1) is 88.3 Å². The molecule has 0 saturated carbocycles. The van der Waals surface area contributed by atoms with E-state index in [-0.39, 0.29) is 0 Å². The lowest BCUT2D eigenvalue weighted by molar-refractivity contribution is 1.18. The van der Waals surface area contributed by atoms with Crippen LogP contribution >= 0.6 is 0 Å². The second-order valence-electron chi connectivity index (χ2n) is 21.9. The monoisotopic (exact) mass is 1100 g/mol. The maximum Gasteiger partial charge on any atom is 0.183 e. The van der Waals surface area contributed by atoms with Crippen molar-refractivity contribution in [2.24, 2.45) is 0 Å². The Labute approximate surface area is 486 Å². The summed E-state index contributed by atoms with van der Waals surface area (Å²) in [4.78, 5) is 30.8. The van der Waals surface area contributed by atoms with Gasteiger partial charge in [0, 0.05) is 61.5 Å². The minimum Gasteiger partial charge on any atom is -0.309 e. The topological polar surface area (TPSA) is 105 Å². The minimum absolute atomic E-state index is 0.769. The van der Waals surface area contributed by atoms with Gasteiger partial charge in [0.25, 0.3) is 0 Å². The zero-order valence-corrected chi connectivity index (χ0v) is 45.8. The van der Waals surface area contributed by atoms with Crippen molar-refractivity contribution in [2.45, 2.75) is 0 Å². The van der Waals surface area contributed by atoms with Gasteiger partial charge in [-0.2, -0.15) is 0 Å². The normalized spacial score (nSPS) is 12.2. The molecule has 0 spiro atoms. The van der Waals surface area contributed by atoms with Gasteiger partial charge in [-0.15, -0.1) is 0 Å². The predicted molar refractivity (Wildman–Crippen MR) is 350 cm³/mol. The molecule has 400 valence electrons. The van der Waals surface area contributed by atoms with Crippen molar-refractivity contribution >= 4 is 154 Å². The fourth-order valence-electron chi connectivity index (χ4n) is 13.8. The van der Waals surface area contributed by atoms with Crippen LogP contribution in [0.5, 0.6) is 0 Å². The van der Waals surface area contributed by atoms with E-state index < -0.39 is 0 Å². The number of pyridine rings is 2. The van der Waals surface area contributed by atoms with Gasteiger partial charge in [0.1, 0.15) is 5.65 Å². The SMILES string of the molecule is c1ccc2c(c1)nc1c3nc4cc(-n5c6ccccc6c6ccccc65)ccc4n3c3ccccc3c3cccnc3n21.c1ccc2c(c1)nc1c3nc4cc(-n5c6ccccc6c6ccccc65)ccc4n3c3ccccc3c3ncccc3n21. The Morgan fingerprint density at radius 3 is 1.05 bits per heavy atom. The lowest BCUT2D eigenvalue weighted by Crippen LogP contribution is -1.96. The van der Waals surface area contributed by atoms with E-state index in [9.17, 15) is 0 Å². The van der Waals surface area contributed by atoms with Gasteiger partial charge in [-0.3, -0.25) is 22.6 Å². The van der Waals surface area contributed by atoms with Crippen molar-refractivity contribution in [3.63, 3.8) is 0 Å². The van der Waals surface area contributed by atoms with E-state index in [0.717, 1.165) is 122 Å². The lowest BCUT2D eigenvalue weighted by Gasteiger charge is -2.09. The highest BCUT2D eigenvalue weighted by Crippen LogP contribution is 2.38. The fourth-order valence-corrected chi connectivity index (χ4v) is 13.8. The number of hydrogen-bond acceptors (Lipinski definition) is 6. The largest absolute Gasteiger partial charge is 0.309 e. The Kier molecular flexibility index (Phi) is 9.61. The van der Waals surface area contributed by atoms with Crippen LogP contribution in [-0.2, 0) is 0 Å². The first-order valence-corrected chi connectivity index (χ1v) is 28.8. The summed E-state index contributed by atoms with van der Waals surface area (Å²) < 4.78 is 13.5. The number of para-hydroxylation sites is 10. The maximum absolute atomic E-state index is 5.34. The molecular formula is C74H44N12. The molecule has 0 saturated heterocycles. The van der Waals surface area contributed by atoms with Gasteiger partial charge in [0.15, 0.2) is 22.6 Å². The second kappa shape index (κ2) is 17.7. The van der Waals surface area contributed by atoms with Crippen LogP contribution in [0, 0.1) is 0 Å². The molecule has 0 aliphatic carbocycles. The van der Waals surface area contributed by atoms with Crippen molar-refractivity contribution in [3.05, 3.63) is 267 Å². The molecule has 10 heterocycles. The third-order valence-corrected chi connectivity index (χ3v) is 17.3. The Bertz CT molecular complexity index is 5880. The Balaban J connectivity index is 0.000000126. The average Bonchev–Trinajstić information content (AvgIpc) is 4.35. The zero-order valence-electron chi connectivity index (χ0n) is 45.8. The maximum atomic E-state index is 5.34. The molecule has 86 heavy (non-hydrogen) atoms. The number of rotatable bonds is 2. The molecule has 0 bridgehead atoms. The quantitative estimate of drug-likeness (QED) is 0.171. The van der Waals surface area contributed by atoms with Crippen LogP contribution in [0.15, 0.2) is 267 Å². The molecule has 12 heteroatoms. The summed E-state index contributed by atoms with van der Waals surface area (Å²) in [5.74, 6) is 0. The minimum atomic E-state index is 0.769. The Morgan fingerprint density at radius 1 is 0.209 bits per heavy atom. The van der Waals surface area contributed by atoms with Gasteiger partial charge in [-0.05, 0) is 121 Å². The third-order valence-electron chi connectivity index (χ3n) is 17.3. The van der Waals surface area contributed by atoms with E-state index in [1.807, 2.05) is 42.7 Å². The Morgan fingerprint density at radius 2 is 0.535 bits per heavy atom. The van der Waals surface area contributed by atoms with Crippen LogP contribution in [0.25, 0.3) is 166 Å². The van der Waals surface area contributed by atoms with Crippen molar-refractivity contribution in [1.82, 2.24) is 56.6 Å². The van der Waals surface area contributed by atoms with Crippen LogP contribution in [0.4, 0.5) is 0 Å². The molecule has 0 unspecified atom stereocenters. The van der Waals surface area contributed by atoms with Crippen molar-refractivity contribution in [3.8, 4) is 11.4 Å². The van der Waals surface area contributed by atoms with Crippen LogP contribution in [0.3, 0.4) is 0 Å². The van der Waals surface area contributed by atoms with E-state index in [1.165, 1.54) is 43.6 Å². The van der Waals surface area contributed by atoms with Gasteiger partial charge >= 0.3 is 0 Å². The summed E-state index contributed by atoms with van der Waals surface area (Å²) in [6.45, 7) is 0. The van der Waals surface area contributed by atoms with Crippen molar-refractivity contribution < 1.29 is 0 Å². The predicted octanol–water partition coefficient (Wildman–Crippen LogP) is 17.3. The van der Waals surface area contributed by atoms with Crippen LogP contribution in [-0.4, -0.2) is 56.6 Å². The lowest BCUT2D eigenvalue weighted by atomic mass is 10.1. The molecule has 10 aromatic heterocycles. The summed E-state index contributed by atoms with van der Waals surface area (Å²) in [6, 6.07) is 89.3. The molecule has 0 aliphatic rings. The smallest absolute Gasteiger partial charge is 0.183 e. The fraction of sp³-hybridized carbons (Fsp3) is 0. The molecule has 0 N–H and O–H groups in total. The second-order valence-corrected chi connectivity index (χ2v) is 21.9. The van der Waals surface area contributed by atoms with Crippen molar-refractivity contribution in [1.29, 1.82) is 0 Å².